The molecule has 0 saturated carbocycles. The van der Waals surface area contributed by atoms with E-state index in [1.807, 2.05) is 0 Å². The lowest BCUT2D eigenvalue weighted by Crippen LogP contribution is -2.49. The highest BCUT2D eigenvalue weighted by Gasteiger charge is 2.29. The number of carbonyl (C=O) groups is 2. The van der Waals surface area contributed by atoms with E-state index in [-0.39, 0.29) is 35.8 Å². The van der Waals surface area contributed by atoms with E-state index in [1.165, 1.54) is 16.8 Å². The molecule has 0 aliphatic carbocycles. The van der Waals surface area contributed by atoms with Crippen LogP contribution in [0.1, 0.15) is 41.7 Å². The van der Waals surface area contributed by atoms with Gasteiger partial charge in [-0.25, -0.2) is 9.07 Å². The van der Waals surface area contributed by atoms with Crippen LogP contribution in [0, 0.1) is 5.82 Å². The minimum absolute atomic E-state index is 0.0728. The molecule has 1 aromatic carbocycles. The molecule has 0 radical (unpaired) electrons. The van der Waals surface area contributed by atoms with E-state index in [9.17, 15) is 14.0 Å². The topological polar surface area (TPSA) is 106 Å². The molecule has 3 rings (SSSR count). The van der Waals surface area contributed by atoms with Gasteiger partial charge in [-0.3, -0.25) is 9.59 Å². The summed E-state index contributed by atoms with van der Waals surface area (Å²) in [6.45, 7) is 1.65. The number of hydrogen-bond donors (Lipinski definition) is 2. The number of hydrogen-bond acceptors (Lipinski definition) is 5. The Bertz CT molecular complexity index is 824. The second-order valence-corrected chi connectivity index (χ2v) is 6.92. The number of piperidine rings is 1. The Morgan fingerprint density at radius 2 is 2.18 bits per heavy atom. The van der Waals surface area contributed by atoms with Gasteiger partial charge in [-0.15, -0.1) is 5.10 Å². The molecule has 2 aromatic rings. The van der Waals surface area contributed by atoms with E-state index < -0.39 is 0 Å². The van der Waals surface area contributed by atoms with Gasteiger partial charge in [0.05, 0.1) is 12.7 Å². The van der Waals surface area contributed by atoms with E-state index in [0.717, 1.165) is 24.8 Å². The maximum absolute atomic E-state index is 13.3. The first-order chi connectivity index (χ1) is 13.6. The smallest absolute Gasteiger partial charge is 0.276 e. The number of halogens is 1. The minimum atomic E-state index is -0.318. The molecule has 0 bridgehead atoms. The largest absolute Gasteiger partial charge is 0.354 e. The van der Waals surface area contributed by atoms with Gasteiger partial charge in [0.15, 0.2) is 5.69 Å². The van der Waals surface area contributed by atoms with Crippen LogP contribution in [-0.4, -0.2) is 57.4 Å². The van der Waals surface area contributed by atoms with Crippen molar-refractivity contribution in [2.75, 3.05) is 19.6 Å². The van der Waals surface area contributed by atoms with E-state index in [2.05, 4.69) is 15.6 Å². The first-order valence-electron chi connectivity index (χ1n) is 9.49. The quantitative estimate of drug-likeness (QED) is 0.734. The average Bonchev–Trinajstić information content (AvgIpc) is 3.15. The molecule has 3 N–H and O–H groups in total. The van der Waals surface area contributed by atoms with Gasteiger partial charge in [-0.1, -0.05) is 17.3 Å². The molecule has 1 aromatic heterocycles. The Hall–Kier alpha value is -2.81. The van der Waals surface area contributed by atoms with Crippen LogP contribution in [0.3, 0.4) is 0 Å². The summed E-state index contributed by atoms with van der Waals surface area (Å²) in [5.74, 6) is -0.633. The van der Waals surface area contributed by atoms with Crippen molar-refractivity contribution in [3.8, 4) is 0 Å². The second kappa shape index (κ2) is 9.41. The van der Waals surface area contributed by atoms with E-state index in [0.29, 0.717) is 26.2 Å². The van der Waals surface area contributed by atoms with Crippen LogP contribution in [0.2, 0.25) is 0 Å². The van der Waals surface area contributed by atoms with Crippen LogP contribution in [0.15, 0.2) is 30.5 Å². The third kappa shape index (κ3) is 5.13. The molecule has 0 spiro atoms. The zero-order valence-electron chi connectivity index (χ0n) is 15.7. The lowest BCUT2D eigenvalue weighted by atomic mass is 10.0. The number of carbonyl (C=O) groups excluding carboxylic acids is 2. The first-order valence-corrected chi connectivity index (χ1v) is 9.49. The fourth-order valence-corrected chi connectivity index (χ4v) is 3.37. The monoisotopic (exact) mass is 388 g/mol. The van der Waals surface area contributed by atoms with Crippen molar-refractivity contribution < 1.29 is 14.0 Å². The fraction of sp³-hybridized carbons (Fsp3) is 0.474. The number of amides is 2. The van der Waals surface area contributed by atoms with Gasteiger partial charge in [0.1, 0.15) is 5.82 Å². The van der Waals surface area contributed by atoms with Gasteiger partial charge in [0.2, 0.25) is 5.91 Å². The third-order valence-corrected chi connectivity index (χ3v) is 4.79. The summed E-state index contributed by atoms with van der Waals surface area (Å²) in [4.78, 5) is 26.4. The Morgan fingerprint density at radius 1 is 1.32 bits per heavy atom. The van der Waals surface area contributed by atoms with Crippen LogP contribution >= 0.6 is 0 Å². The van der Waals surface area contributed by atoms with Crippen molar-refractivity contribution in [3.05, 3.63) is 47.5 Å². The standard InChI is InChI=1S/C19H25FN6O2/c20-15-5-3-4-14(10-15)12-25-13-17(23-24-25)19(28)26-9-2-1-6-16(26)11-22-18(27)7-8-21/h3-5,10,13,16H,1-2,6-9,11-12,21H2,(H,22,27). The highest BCUT2D eigenvalue weighted by atomic mass is 19.1. The van der Waals surface area contributed by atoms with E-state index >= 15 is 0 Å². The molecule has 1 atom stereocenters. The summed E-state index contributed by atoms with van der Waals surface area (Å²) in [5, 5.41) is 10.8. The zero-order chi connectivity index (χ0) is 19.9. The maximum Gasteiger partial charge on any atom is 0.276 e. The van der Waals surface area contributed by atoms with Crippen LogP contribution in [0.5, 0.6) is 0 Å². The van der Waals surface area contributed by atoms with Gasteiger partial charge < -0.3 is 16.0 Å². The van der Waals surface area contributed by atoms with Gasteiger partial charge in [-0.2, -0.15) is 0 Å². The second-order valence-electron chi connectivity index (χ2n) is 6.92. The molecular weight excluding hydrogens is 363 g/mol. The van der Waals surface area contributed by atoms with Crippen molar-refractivity contribution in [2.45, 2.75) is 38.3 Å². The molecule has 1 aliphatic heterocycles. The van der Waals surface area contributed by atoms with Crippen molar-refractivity contribution in [1.82, 2.24) is 25.2 Å². The minimum Gasteiger partial charge on any atom is -0.354 e. The molecule has 150 valence electrons. The molecule has 9 heteroatoms. The molecule has 8 nitrogen and oxygen atoms in total. The molecule has 2 heterocycles. The SMILES string of the molecule is NCCC(=O)NCC1CCCCN1C(=O)c1cn(Cc2cccc(F)c2)nn1. The Labute approximate surface area is 162 Å². The van der Waals surface area contributed by atoms with Crippen LogP contribution in [0.4, 0.5) is 4.39 Å². The Kier molecular flexibility index (Phi) is 6.70. The number of benzene rings is 1. The Morgan fingerprint density at radius 3 is 2.96 bits per heavy atom. The summed E-state index contributed by atoms with van der Waals surface area (Å²) in [7, 11) is 0. The Balaban J connectivity index is 1.64. The normalized spacial score (nSPS) is 16.8. The number of nitrogens with one attached hydrogen (secondary N) is 1. The van der Waals surface area contributed by atoms with E-state index in [1.54, 1.807) is 23.2 Å². The molecule has 28 heavy (non-hydrogen) atoms. The maximum atomic E-state index is 13.3. The molecule has 1 fully saturated rings. The summed E-state index contributed by atoms with van der Waals surface area (Å²) in [6.07, 6.45) is 4.59. The van der Waals surface area contributed by atoms with Crippen molar-refractivity contribution in [1.29, 1.82) is 0 Å². The lowest BCUT2D eigenvalue weighted by molar-refractivity contribution is -0.121. The zero-order valence-corrected chi connectivity index (χ0v) is 15.7. The van der Waals surface area contributed by atoms with Crippen LogP contribution < -0.4 is 11.1 Å². The van der Waals surface area contributed by atoms with Crippen molar-refractivity contribution >= 4 is 11.8 Å². The van der Waals surface area contributed by atoms with Crippen molar-refractivity contribution in [2.24, 2.45) is 5.73 Å². The molecule has 2 amide bonds. The van der Waals surface area contributed by atoms with Gasteiger partial charge >= 0.3 is 0 Å². The number of aromatic nitrogens is 3. The number of nitrogens with zero attached hydrogens (tertiary/aromatic N) is 4. The van der Waals surface area contributed by atoms with Gasteiger partial charge in [0.25, 0.3) is 5.91 Å². The van der Waals surface area contributed by atoms with Crippen LogP contribution in [0.25, 0.3) is 0 Å². The summed E-state index contributed by atoms with van der Waals surface area (Å²) in [6, 6.07) is 6.15. The molecular formula is C19H25FN6O2. The predicted octanol–water partition coefficient (Wildman–Crippen LogP) is 0.925. The van der Waals surface area contributed by atoms with Crippen molar-refractivity contribution in [3.63, 3.8) is 0 Å². The summed E-state index contributed by atoms with van der Waals surface area (Å²) in [5.41, 5.74) is 6.38. The van der Waals surface area contributed by atoms with Gasteiger partial charge in [0, 0.05) is 32.1 Å². The summed E-state index contributed by atoms with van der Waals surface area (Å²) < 4.78 is 14.8. The van der Waals surface area contributed by atoms with Gasteiger partial charge in [-0.05, 0) is 37.0 Å². The summed E-state index contributed by atoms with van der Waals surface area (Å²) >= 11 is 0. The highest BCUT2D eigenvalue weighted by Crippen LogP contribution is 2.19. The lowest BCUT2D eigenvalue weighted by Gasteiger charge is -2.35. The molecule has 1 aliphatic rings. The van der Waals surface area contributed by atoms with E-state index in [4.69, 9.17) is 5.73 Å². The number of rotatable bonds is 7. The molecule has 1 unspecified atom stereocenters. The fourth-order valence-electron chi connectivity index (χ4n) is 3.37. The third-order valence-electron chi connectivity index (χ3n) is 4.79. The number of likely N-dealkylation sites (tertiary alicyclic amines) is 1. The predicted molar refractivity (Wildman–Crippen MR) is 101 cm³/mol. The average molecular weight is 388 g/mol. The first kappa shape index (κ1) is 19.9. The van der Waals surface area contributed by atoms with Crippen LogP contribution in [-0.2, 0) is 11.3 Å². The molecule has 1 saturated heterocycles. The number of nitrogens with two attached hydrogens (primary N) is 1. The highest BCUT2D eigenvalue weighted by molar-refractivity contribution is 5.92.